The summed E-state index contributed by atoms with van der Waals surface area (Å²) in [5, 5.41) is 10.1. The first kappa shape index (κ1) is 15.5. The zero-order chi connectivity index (χ0) is 16.8. The van der Waals surface area contributed by atoms with E-state index in [1.165, 1.54) is 5.56 Å². The highest BCUT2D eigenvalue weighted by molar-refractivity contribution is 7.19. The summed E-state index contributed by atoms with van der Waals surface area (Å²) in [6, 6.07) is 8.26. The van der Waals surface area contributed by atoms with E-state index in [-0.39, 0.29) is 11.7 Å². The van der Waals surface area contributed by atoms with Crippen LogP contribution in [-0.4, -0.2) is 21.2 Å². The molecule has 1 aliphatic carbocycles. The molecule has 24 heavy (non-hydrogen) atoms. The quantitative estimate of drug-likeness (QED) is 0.766. The van der Waals surface area contributed by atoms with Crippen molar-refractivity contribution in [1.82, 2.24) is 9.97 Å². The van der Waals surface area contributed by atoms with Crippen LogP contribution in [0.5, 0.6) is 0 Å². The summed E-state index contributed by atoms with van der Waals surface area (Å²) in [5.41, 5.74) is 3.20. The molecule has 1 saturated carbocycles. The van der Waals surface area contributed by atoms with Crippen molar-refractivity contribution in [3.05, 3.63) is 50.9 Å². The summed E-state index contributed by atoms with van der Waals surface area (Å²) in [4.78, 5) is 22.3. The van der Waals surface area contributed by atoms with Gasteiger partial charge in [-0.05, 0) is 38.2 Å². The number of hydrogen-bond donors (Lipinski definition) is 2. The molecule has 0 spiro atoms. The van der Waals surface area contributed by atoms with E-state index in [4.69, 9.17) is 0 Å². The topological polar surface area (TPSA) is 66.0 Å². The van der Waals surface area contributed by atoms with Crippen LogP contribution in [0.25, 0.3) is 21.3 Å². The SMILES string of the molecule is Cc1ccc(-c2c(C)sc3nc(CC4CC(O)C4)[nH]c(=O)c23)cc1. The second-order valence-corrected chi connectivity index (χ2v) is 7.99. The number of aliphatic hydroxyl groups excluding tert-OH is 1. The molecule has 1 fully saturated rings. The van der Waals surface area contributed by atoms with Gasteiger partial charge < -0.3 is 10.1 Å². The number of benzene rings is 1. The van der Waals surface area contributed by atoms with Crippen LogP contribution in [0.4, 0.5) is 0 Å². The molecule has 4 rings (SSSR count). The van der Waals surface area contributed by atoms with E-state index in [0.717, 1.165) is 45.9 Å². The molecule has 2 N–H and O–H groups in total. The number of hydrogen-bond acceptors (Lipinski definition) is 4. The zero-order valence-electron chi connectivity index (χ0n) is 13.8. The molecule has 0 radical (unpaired) electrons. The molecule has 0 atom stereocenters. The van der Waals surface area contributed by atoms with Gasteiger partial charge in [0.05, 0.1) is 11.5 Å². The lowest BCUT2D eigenvalue weighted by atomic mass is 9.80. The van der Waals surface area contributed by atoms with Crippen LogP contribution >= 0.6 is 11.3 Å². The van der Waals surface area contributed by atoms with Crippen molar-refractivity contribution in [3.8, 4) is 11.1 Å². The maximum absolute atomic E-state index is 12.7. The van der Waals surface area contributed by atoms with Crippen molar-refractivity contribution in [3.63, 3.8) is 0 Å². The van der Waals surface area contributed by atoms with Gasteiger partial charge in [-0.25, -0.2) is 4.98 Å². The highest BCUT2D eigenvalue weighted by atomic mass is 32.1. The van der Waals surface area contributed by atoms with E-state index < -0.39 is 0 Å². The average molecular weight is 340 g/mol. The van der Waals surface area contributed by atoms with Crippen molar-refractivity contribution in [2.45, 2.75) is 39.2 Å². The number of thiophene rings is 1. The fourth-order valence-electron chi connectivity index (χ4n) is 3.47. The van der Waals surface area contributed by atoms with Crippen molar-refractivity contribution >= 4 is 21.6 Å². The molecule has 1 aromatic carbocycles. The number of fused-ring (bicyclic) bond motifs is 1. The number of aliphatic hydroxyl groups is 1. The molecule has 0 aliphatic heterocycles. The second kappa shape index (κ2) is 5.83. The standard InChI is InChI=1S/C19H20N2O2S/c1-10-3-5-13(6-4-10)16-11(2)24-19-17(16)18(23)20-15(21-19)9-12-7-14(22)8-12/h3-6,12,14,22H,7-9H2,1-2H3,(H,20,21,23). The van der Waals surface area contributed by atoms with E-state index in [1.807, 2.05) is 6.92 Å². The molecule has 4 nitrogen and oxygen atoms in total. The van der Waals surface area contributed by atoms with Crippen LogP contribution in [0.15, 0.2) is 29.1 Å². The monoisotopic (exact) mass is 340 g/mol. The number of H-pyrrole nitrogens is 1. The van der Waals surface area contributed by atoms with Gasteiger partial charge in [0, 0.05) is 16.9 Å². The van der Waals surface area contributed by atoms with Crippen molar-refractivity contribution in [1.29, 1.82) is 0 Å². The van der Waals surface area contributed by atoms with E-state index in [9.17, 15) is 9.90 Å². The first-order chi connectivity index (χ1) is 11.5. The minimum absolute atomic E-state index is 0.0604. The summed E-state index contributed by atoms with van der Waals surface area (Å²) in [6.45, 7) is 4.10. The number of nitrogens with one attached hydrogen (secondary N) is 1. The highest BCUT2D eigenvalue weighted by Crippen LogP contribution is 2.36. The van der Waals surface area contributed by atoms with Crippen LogP contribution in [-0.2, 0) is 6.42 Å². The van der Waals surface area contributed by atoms with Gasteiger partial charge in [-0.3, -0.25) is 4.79 Å². The predicted molar refractivity (Wildman–Crippen MR) is 97.6 cm³/mol. The molecule has 0 bridgehead atoms. The normalized spacial score (nSPS) is 20.3. The molecular weight excluding hydrogens is 320 g/mol. The molecule has 124 valence electrons. The predicted octanol–water partition coefficient (Wildman–Crippen LogP) is 3.58. The Bertz CT molecular complexity index is 950. The molecule has 0 unspecified atom stereocenters. The molecule has 1 aliphatic rings. The average Bonchev–Trinajstić information content (AvgIpc) is 2.83. The van der Waals surface area contributed by atoms with Crippen LogP contribution in [0.2, 0.25) is 0 Å². The Morgan fingerprint density at radius 2 is 1.96 bits per heavy atom. The fraction of sp³-hybridized carbons (Fsp3) is 0.368. The smallest absolute Gasteiger partial charge is 0.260 e. The van der Waals surface area contributed by atoms with E-state index in [2.05, 4.69) is 41.2 Å². The third-order valence-corrected chi connectivity index (χ3v) is 5.82. The Hall–Kier alpha value is -1.98. The van der Waals surface area contributed by atoms with Crippen molar-refractivity contribution < 1.29 is 5.11 Å². The summed E-state index contributed by atoms with van der Waals surface area (Å²) in [5.74, 6) is 1.17. The number of nitrogens with zero attached hydrogens (tertiary/aromatic N) is 1. The van der Waals surface area contributed by atoms with Crippen LogP contribution in [0.1, 0.15) is 29.1 Å². The number of aromatic amines is 1. The lowest BCUT2D eigenvalue weighted by molar-refractivity contribution is 0.0424. The van der Waals surface area contributed by atoms with Gasteiger partial charge in [0.2, 0.25) is 0 Å². The van der Waals surface area contributed by atoms with Gasteiger partial charge in [0.25, 0.3) is 5.56 Å². The molecular formula is C19H20N2O2S. The number of rotatable bonds is 3. The molecule has 5 heteroatoms. The Labute approximate surface area is 144 Å². The molecule has 3 aromatic rings. The third-order valence-electron chi connectivity index (χ3n) is 4.82. The summed E-state index contributed by atoms with van der Waals surface area (Å²) >= 11 is 1.58. The number of aryl methyl sites for hydroxylation is 2. The maximum Gasteiger partial charge on any atom is 0.260 e. The molecule has 0 saturated heterocycles. The van der Waals surface area contributed by atoms with Crippen molar-refractivity contribution in [2.75, 3.05) is 0 Å². The maximum atomic E-state index is 12.7. The highest BCUT2D eigenvalue weighted by Gasteiger charge is 2.28. The summed E-state index contributed by atoms with van der Waals surface area (Å²) in [7, 11) is 0. The van der Waals surface area contributed by atoms with Gasteiger partial charge in [0.1, 0.15) is 10.7 Å². The van der Waals surface area contributed by atoms with Crippen molar-refractivity contribution in [2.24, 2.45) is 5.92 Å². The zero-order valence-corrected chi connectivity index (χ0v) is 14.6. The van der Waals surface area contributed by atoms with E-state index in [0.29, 0.717) is 11.3 Å². The number of aromatic nitrogens is 2. The van der Waals surface area contributed by atoms with Crippen LogP contribution < -0.4 is 5.56 Å². The van der Waals surface area contributed by atoms with E-state index >= 15 is 0 Å². The van der Waals surface area contributed by atoms with Crippen LogP contribution in [0.3, 0.4) is 0 Å². The molecule has 2 aromatic heterocycles. The Morgan fingerprint density at radius 1 is 1.25 bits per heavy atom. The summed E-state index contributed by atoms with van der Waals surface area (Å²) in [6.07, 6.45) is 2.17. The Balaban J connectivity index is 1.78. The van der Waals surface area contributed by atoms with Gasteiger partial charge >= 0.3 is 0 Å². The first-order valence-electron chi connectivity index (χ1n) is 8.28. The Kier molecular flexibility index (Phi) is 3.77. The molecule has 0 amide bonds. The molecule has 2 heterocycles. The lowest BCUT2D eigenvalue weighted by Crippen LogP contribution is -2.30. The van der Waals surface area contributed by atoms with Gasteiger partial charge in [-0.2, -0.15) is 0 Å². The van der Waals surface area contributed by atoms with Crippen LogP contribution in [0, 0.1) is 19.8 Å². The lowest BCUT2D eigenvalue weighted by Gasteiger charge is -2.30. The van der Waals surface area contributed by atoms with E-state index in [1.54, 1.807) is 11.3 Å². The van der Waals surface area contributed by atoms with Gasteiger partial charge in [-0.15, -0.1) is 11.3 Å². The summed E-state index contributed by atoms with van der Waals surface area (Å²) < 4.78 is 0. The van der Waals surface area contributed by atoms with Gasteiger partial charge in [0.15, 0.2) is 0 Å². The fourth-order valence-corrected chi connectivity index (χ4v) is 4.53. The second-order valence-electron chi connectivity index (χ2n) is 6.79. The third kappa shape index (κ3) is 2.68. The first-order valence-corrected chi connectivity index (χ1v) is 9.10. The van der Waals surface area contributed by atoms with Gasteiger partial charge in [-0.1, -0.05) is 29.8 Å². The Morgan fingerprint density at radius 3 is 2.62 bits per heavy atom. The minimum atomic E-state index is -0.178. The minimum Gasteiger partial charge on any atom is -0.393 e. The largest absolute Gasteiger partial charge is 0.393 e.